The molecule has 3 rings (SSSR count). The zero-order valence-electron chi connectivity index (χ0n) is 14.9. The molecule has 3 aromatic rings. The zero-order valence-corrected chi connectivity index (χ0v) is 14.9. The highest BCUT2D eigenvalue weighted by atomic mass is 19.3. The van der Waals surface area contributed by atoms with Crippen LogP contribution in [0.4, 0.5) is 30.5 Å². The maximum absolute atomic E-state index is 13.6. The highest BCUT2D eigenvalue weighted by Crippen LogP contribution is 2.31. The summed E-state index contributed by atoms with van der Waals surface area (Å²) in [6.07, 6.45) is 3.35. The van der Waals surface area contributed by atoms with E-state index in [9.17, 15) is 18.0 Å². The summed E-state index contributed by atoms with van der Waals surface area (Å²) in [5.41, 5.74) is 0.298. The summed E-state index contributed by atoms with van der Waals surface area (Å²) in [6.45, 7) is 2.07. The third-order valence-electron chi connectivity index (χ3n) is 3.53. The lowest BCUT2D eigenvalue weighted by molar-refractivity contribution is -0.114. The van der Waals surface area contributed by atoms with Crippen molar-refractivity contribution in [2.45, 2.75) is 19.8 Å². The summed E-state index contributed by atoms with van der Waals surface area (Å²) in [6, 6.07) is 5.63. The van der Waals surface area contributed by atoms with E-state index in [1.54, 1.807) is 0 Å². The first-order valence-electron chi connectivity index (χ1n) is 8.10. The summed E-state index contributed by atoms with van der Waals surface area (Å²) in [4.78, 5) is 27.1. The summed E-state index contributed by atoms with van der Waals surface area (Å²) in [5, 5.41) is 5.43. The van der Waals surface area contributed by atoms with Gasteiger partial charge in [-0.1, -0.05) is 6.07 Å². The van der Waals surface area contributed by atoms with Crippen LogP contribution in [-0.2, 0) is 10.7 Å². The Kier molecular flexibility index (Phi) is 5.21. The Bertz CT molecular complexity index is 1000. The summed E-state index contributed by atoms with van der Waals surface area (Å²) in [7, 11) is 0. The van der Waals surface area contributed by atoms with Crippen molar-refractivity contribution >= 4 is 23.2 Å². The van der Waals surface area contributed by atoms with E-state index in [2.05, 4.69) is 30.6 Å². The van der Waals surface area contributed by atoms with E-state index in [0.29, 0.717) is 11.3 Å². The third-order valence-corrected chi connectivity index (χ3v) is 3.53. The highest BCUT2D eigenvalue weighted by Gasteiger charge is 2.26. The van der Waals surface area contributed by atoms with Gasteiger partial charge >= 0.3 is 0 Å². The number of alkyl halides is 2. The van der Waals surface area contributed by atoms with Gasteiger partial charge in [-0.3, -0.25) is 4.79 Å². The van der Waals surface area contributed by atoms with Crippen LogP contribution < -0.4 is 10.6 Å². The van der Waals surface area contributed by atoms with E-state index in [-0.39, 0.29) is 23.4 Å². The molecule has 7 nitrogen and oxygen atoms in total. The van der Waals surface area contributed by atoms with Crippen LogP contribution in [0, 0.1) is 5.82 Å². The fourth-order valence-electron chi connectivity index (χ4n) is 2.32. The monoisotopic (exact) mass is 388 g/mol. The second-order valence-corrected chi connectivity index (χ2v) is 5.94. The number of hydrogen-bond donors (Lipinski definition) is 2. The van der Waals surface area contributed by atoms with Crippen LogP contribution in [-0.4, -0.2) is 25.8 Å². The van der Waals surface area contributed by atoms with Crippen LogP contribution in [0.5, 0.6) is 0 Å². The number of halogens is 3. The van der Waals surface area contributed by atoms with Crippen LogP contribution in [0.15, 0.2) is 42.9 Å². The van der Waals surface area contributed by atoms with E-state index < -0.39 is 17.4 Å². The smallest absolute Gasteiger partial charge is 0.287 e. The van der Waals surface area contributed by atoms with Gasteiger partial charge in [0, 0.05) is 26.1 Å². The normalized spacial score (nSPS) is 11.2. The molecule has 0 aliphatic rings. The molecule has 0 fully saturated rings. The van der Waals surface area contributed by atoms with Gasteiger partial charge in [-0.15, -0.1) is 0 Å². The van der Waals surface area contributed by atoms with E-state index in [1.807, 2.05) is 0 Å². The fourth-order valence-corrected chi connectivity index (χ4v) is 2.32. The van der Waals surface area contributed by atoms with Crippen LogP contribution >= 0.6 is 0 Å². The second kappa shape index (κ2) is 7.59. The highest BCUT2D eigenvalue weighted by molar-refractivity contribution is 5.89. The first-order valence-corrected chi connectivity index (χ1v) is 8.10. The number of pyridine rings is 2. The number of nitrogens with one attached hydrogen (secondary N) is 2. The number of carbonyl (C=O) groups is 1. The Labute approximate surface area is 158 Å². The second-order valence-electron chi connectivity index (χ2n) is 5.94. The minimum Gasteiger partial charge on any atom is -0.339 e. The lowest BCUT2D eigenvalue weighted by Crippen LogP contribution is -2.11. The predicted molar refractivity (Wildman–Crippen MR) is 96.6 cm³/mol. The molecule has 1 amide bonds. The first kappa shape index (κ1) is 19.2. The number of nitrogens with zero attached hydrogens (tertiary/aromatic N) is 4. The standard InChI is InChI=1S/C18H15F3N6O/c1-10(28)25-16-6-13(12(9-22-16)17-23-7-11(19)8-24-17)26-15-5-3-4-14(27-15)18(2,20)21/h3-9H,1-2H3,(H2,22,25,26,27,28). The van der Waals surface area contributed by atoms with Crippen molar-refractivity contribution in [3.63, 3.8) is 0 Å². The number of rotatable bonds is 5. The van der Waals surface area contributed by atoms with Gasteiger partial charge in [0.2, 0.25) is 5.91 Å². The van der Waals surface area contributed by atoms with E-state index in [0.717, 1.165) is 19.3 Å². The molecule has 28 heavy (non-hydrogen) atoms. The molecule has 0 aliphatic heterocycles. The van der Waals surface area contributed by atoms with Crippen molar-refractivity contribution in [3.05, 3.63) is 54.4 Å². The van der Waals surface area contributed by atoms with Crippen molar-refractivity contribution in [3.8, 4) is 11.4 Å². The minimum absolute atomic E-state index is 0.141. The predicted octanol–water partition coefficient (Wildman–Crippen LogP) is 3.89. The Morgan fingerprint density at radius 1 is 1.07 bits per heavy atom. The molecule has 0 spiro atoms. The number of hydrogen-bond acceptors (Lipinski definition) is 6. The summed E-state index contributed by atoms with van der Waals surface area (Å²) in [5.74, 6) is -3.54. The number of anilines is 3. The van der Waals surface area contributed by atoms with Crippen LogP contribution in [0.25, 0.3) is 11.4 Å². The van der Waals surface area contributed by atoms with Crippen LogP contribution in [0.3, 0.4) is 0 Å². The van der Waals surface area contributed by atoms with Gasteiger partial charge in [-0.2, -0.15) is 8.78 Å². The largest absolute Gasteiger partial charge is 0.339 e. The molecule has 144 valence electrons. The van der Waals surface area contributed by atoms with Crippen LogP contribution in [0.1, 0.15) is 19.5 Å². The van der Waals surface area contributed by atoms with Crippen molar-refractivity contribution < 1.29 is 18.0 Å². The van der Waals surface area contributed by atoms with Crippen LogP contribution in [0.2, 0.25) is 0 Å². The quantitative estimate of drug-likeness (QED) is 0.689. The van der Waals surface area contributed by atoms with Gasteiger partial charge in [0.25, 0.3) is 5.92 Å². The van der Waals surface area contributed by atoms with E-state index >= 15 is 0 Å². The molecule has 0 radical (unpaired) electrons. The Balaban J connectivity index is 2.03. The third kappa shape index (κ3) is 4.58. The molecule has 0 atom stereocenters. The molecule has 0 bridgehead atoms. The number of carbonyl (C=O) groups excluding carboxylic acids is 1. The molecule has 3 aromatic heterocycles. The molecule has 3 heterocycles. The molecule has 0 unspecified atom stereocenters. The maximum atomic E-state index is 13.6. The van der Waals surface area contributed by atoms with Gasteiger partial charge < -0.3 is 10.6 Å². The average molecular weight is 388 g/mol. The van der Waals surface area contributed by atoms with Crippen molar-refractivity contribution in [1.29, 1.82) is 0 Å². The zero-order chi connectivity index (χ0) is 20.3. The minimum atomic E-state index is -3.11. The van der Waals surface area contributed by atoms with Gasteiger partial charge in [-0.25, -0.2) is 24.3 Å². The molecule has 0 aliphatic carbocycles. The molecule has 10 heteroatoms. The van der Waals surface area contributed by atoms with E-state index in [1.165, 1.54) is 37.4 Å². The van der Waals surface area contributed by atoms with Gasteiger partial charge in [0.05, 0.1) is 23.6 Å². The van der Waals surface area contributed by atoms with Crippen molar-refractivity contribution in [2.24, 2.45) is 0 Å². The molecular formula is C18H15F3N6O. The topological polar surface area (TPSA) is 92.7 Å². The average Bonchev–Trinajstić information content (AvgIpc) is 2.62. The molecule has 0 aromatic carbocycles. The Hall–Kier alpha value is -3.56. The summed E-state index contributed by atoms with van der Waals surface area (Å²) >= 11 is 0. The van der Waals surface area contributed by atoms with Crippen molar-refractivity contribution in [1.82, 2.24) is 19.9 Å². The Morgan fingerprint density at radius 2 is 1.79 bits per heavy atom. The first-order chi connectivity index (χ1) is 13.2. The number of aromatic nitrogens is 4. The molecule has 0 saturated heterocycles. The van der Waals surface area contributed by atoms with Gasteiger partial charge in [-0.05, 0) is 12.1 Å². The van der Waals surface area contributed by atoms with E-state index in [4.69, 9.17) is 0 Å². The molecular weight excluding hydrogens is 373 g/mol. The lowest BCUT2D eigenvalue weighted by atomic mass is 10.2. The molecule has 0 saturated carbocycles. The van der Waals surface area contributed by atoms with Crippen molar-refractivity contribution in [2.75, 3.05) is 10.6 Å². The maximum Gasteiger partial charge on any atom is 0.287 e. The number of amides is 1. The Morgan fingerprint density at radius 3 is 2.43 bits per heavy atom. The van der Waals surface area contributed by atoms with Gasteiger partial charge in [0.15, 0.2) is 11.6 Å². The summed E-state index contributed by atoms with van der Waals surface area (Å²) < 4.78 is 40.2. The van der Waals surface area contributed by atoms with Gasteiger partial charge in [0.1, 0.15) is 17.3 Å². The SMILES string of the molecule is CC(=O)Nc1cc(Nc2cccc(C(C)(F)F)n2)c(-c2ncc(F)cn2)cn1. The molecule has 2 N–H and O–H groups in total. The fraction of sp³-hybridized carbons (Fsp3) is 0.167. The lowest BCUT2D eigenvalue weighted by Gasteiger charge is -2.14.